The highest BCUT2D eigenvalue weighted by molar-refractivity contribution is 7.98. The Morgan fingerprint density at radius 3 is 2.73 bits per heavy atom. The normalized spacial score (nSPS) is 10.1. The van der Waals surface area contributed by atoms with E-state index >= 15 is 0 Å². The van der Waals surface area contributed by atoms with Crippen LogP contribution in [0, 0.1) is 5.82 Å². The third-order valence-electron chi connectivity index (χ3n) is 1.27. The minimum atomic E-state index is -0.418. The molecule has 2 N–H and O–H groups in total. The zero-order chi connectivity index (χ0) is 8.43. The fraction of sp³-hybridized carbons (Fsp3) is 0.143. The molecule has 0 bridgehead atoms. The fourth-order valence-electron chi connectivity index (χ4n) is 0.700. The predicted molar refractivity (Wildman–Crippen MR) is 47.6 cm³/mol. The lowest BCUT2D eigenvalue weighted by Gasteiger charge is -2.02. The fourth-order valence-corrected chi connectivity index (χ4v) is 1.58. The van der Waals surface area contributed by atoms with Crippen molar-refractivity contribution in [3.05, 3.63) is 23.0 Å². The van der Waals surface area contributed by atoms with E-state index in [1.807, 2.05) is 6.26 Å². The third kappa shape index (κ3) is 1.79. The van der Waals surface area contributed by atoms with Crippen molar-refractivity contribution in [2.75, 3.05) is 12.0 Å². The van der Waals surface area contributed by atoms with Gasteiger partial charge in [-0.15, -0.1) is 11.8 Å². The zero-order valence-corrected chi connectivity index (χ0v) is 7.47. The topological polar surface area (TPSA) is 26.0 Å². The van der Waals surface area contributed by atoms with E-state index in [2.05, 4.69) is 0 Å². The summed E-state index contributed by atoms with van der Waals surface area (Å²) in [6.07, 6.45) is 1.83. The molecule has 1 rings (SSSR count). The molecular formula is C7H7ClFNS. The van der Waals surface area contributed by atoms with Gasteiger partial charge in [-0.1, -0.05) is 11.6 Å². The van der Waals surface area contributed by atoms with E-state index in [4.69, 9.17) is 17.3 Å². The molecule has 4 heteroatoms. The van der Waals surface area contributed by atoms with Gasteiger partial charge in [-0.05, 0) is 18.4 Å². The van der Waals surface area contributed by atoms with E-state index in [-0.39, 0.29) is 5.69 Å². The lowest BCUT2D eigenvalue weighted by molar-refractivity contribution is 0.629. The molecule has 60 valence electrons. The van der Waals surface area contributed by atoms with E-state index in [1.165, 1.54) is 23.9 Å². The molecule has 0 saturated heterocycles. The van der Waals surface area contributed by atoms with Gasteiger partial charge >= 0.3 is 0 Å². The molecule has 11 heavy (non-hydrogen) atoms. The molecule has 0 aliphatic rings. The molecule has 0 fully saturated rings. The van der Waals surface area contributed by atoms with Gasteiger partial charge < -0.3 is 5.73 Å². The van der Waals surface area contributed by atoms with Crippen LogP contribution >= 0.6 is 23.4 Å². The van der Waals surface area contributed by atoms with E-state index < -0.39 is 5.82 Å². The molecule has 0 aromatic heterocycles. The maximum Gasteiger partial charge on any atom is 0.147 e. The smallest absolute Gasteiger partial charge is 0.147 e. The number of thioether (sulfide) groups is 1. The van der Waals surface area contributed by atoms with Gasteiger partial charge in [-0.2, -0.15) is 0 Å². The second-order valence-electron chi connectivity index (χ2n) is 2.01. The van der Waals surface area contributed by atoms with Crippen molar-refractivity contribution in [2.24, 2.45) is 0 Å². The highest BCUT2D eigenvalue weighted by Crippen LogP contribution is 2.28. The Balaban J connectivity index is 3.21. The van der Waals surface area contributed by atoms with Crippen LogP contribution in [0.4, 0.5) is 10.1 Å². The van der Waals surface area contributed by atoms with Gasteiger partial charge in [0.25, 0.3) is 0 Å². The van der Waals surface area contributed by atoms with Crippen LogP contribution < -0.4 is 5.73 Å². The monoisotopic (exact) mass is 191 g/mol. The van der Waals surface area contributed by atoms with Gasteiger partial charge in [0.1, 0.15) is 5.82 Å². The Hall–Kier alpha value is -0.410. The van der Waals surface area contributed by atoms with E-state index in [1.54, 1.807) is 0 Å². The van der Waals surface area contributed by atoms with Gasteiger partial charge in [-0.3, -0.25) is 0 Å². The molecule has 1 aromatic rings. The first-order chi connectivity index (χ1) is 5.15. The van der Waals surface area contributed by atoms with Gasteiger partial charge in [-0.25, -0.2) is 4.39 Å². The molecule has 0 atom stereocenters. The minimum absolute atomic E-state index is 0.0906. The Morgan fingerprint density at radius 2 is 2.18 bits per heavy atom. The Morgan fingerprint density at radius 1 is 1.55 bits per heavy atom. The first kappa shape index (κ1) is 8.68. The number of hydrogen-bond acceptors (Lipinski definition) is 2. The first-order valence-corrected chi connectivity index (χ1v) is 4.54. The zero-order valence-electron chi connectivity index (χ0n) is 5.90. The van der Waals surface area contributed by atoms with Crippen molar-refractivity contribution in [3.8, 4) is 0 Å². The van der Waals surface area contributed by atoms with E-state index in [9.17, 15) is 4.39 Å². The van der Waals surface area contributed by atoms with Crippen LogP contribution in [0.15, 0.2) is 17.0 Å². The number of hydrogen-bond donors (Lipinski definition) is 1. The van der Waals surface area contributed by atoms with Crippen LogP contribution in [0.25, 0.3) is 0 Å². The maximum atomic E-state index is 12.7. The second-order valence-corrected chi connectivity index (χ2v) is 3.26. The van der Waals surface area contributed by atoms with Crippen molar-refractivity contribution >= 4 is 29.1 Å². The molecule has 0 aliphatic heterocycles. The van der Waals surface area contributed by atoms with Crippen molar-refractivity contribution in [1.82, 2.24) is 0 Å². The van der Waals surface area contributed by atoms with Gasteiger partial charge in [0.15, 0.2) is 0 Å². The predicted octanol–water partition coefficient (Wildman–Crippen LogP) is 2.78. The van der Waals surface area contributed by atoms with Crippen LogP contribution in [0.2, 0.25) is 5.02 Å². The number of halogens is 2. The Bertz CT molecular complexity index is 277. The molecule has 0 radical (unpaired) electrons. The number of anilines is 1. The van der Waals surface area contributed by atoms with Crippen molar-refractivity contribution in [2.45, 2.75) is 4.90 Å². The summed E-state index contributed by atoms with van der Waals surface area (Å²) < 4.78 is 12.7. The highest BCUT2D eigenvalue weighted by atomic mass is 35.5. The summed E-state index contributed by atoms with van der Waals surface area (Å²) >= 11 is 7.12. The average Bonchev–Trinajstić information content (AvgIpc) is 1.97. The number of nitrogens with two attached hydrogens (primary N) is 1. The summed E-state index contributed by atoms with van der Waals surface area (Å²) in [5, 5.41) is 0.497. The molecule has 0 amide bonds. The standard InChI is InChI=1S/C7H7ClFNS/c1-11-7-3-5(9)6(10)2-4(7)8/h2-3H,10H2,1H3. The SMILES string of the molecule is CSc1cc(F)c(N)cc1Cl. The third-order valence-corrected chi connectivity index (χ3v) is 2.47. The average molecular weight is 192 g/mol. The van der Waals surface area contributed by atoms with Crippen LogP contribution in [0.3, 0.4) is 0 Å². The molecule has 0 heterocycles. The van der Waals surface area contributed by atoms with Crippen molar-refractivity contribution in [1.29, 1.82) is 0 Å². The summed E-state index contributed by atoms with van der Waals surface area (Å²) in [6, 6.07) is 2.76. The number of benzene rings is 1. The van der Waals surface area contributed by atoms with Crippen LogP contribution in [0.5, 0.6) is 0 Å². The molecule has 0 spiro atoms. The molecule has 1 aromatic carbocycles. The summed E-state index contributed by atoms with van der Waals surface area (Å²) in [7, 11) is 0. The molecule has 1 nitrogen and oxygen atoms in total. The largest absolute Gasteiger partial charge is 0.396 e. The van der Waals surface area contributed by atoms with E-state index in [0.717, 1.165) is 0 Å². The summed E-state index contributed by atoms with van der Waals surface area (Å²) in [5.41, 5.74) is 5.37. The van der Waals surface area contributed by atoms with Crippen molar-refractivity contribution in [3.63, 3.8) is 0 Å². The first-order valence-electron chi connectivity index (χ1n) is 2.93. The molecule has 0 aliphatic carbocycles. The van der Waals surface area contributed by atoms with Gasteiger partial charge in [0, 0.05) is 4.90 Å². The second kappa shape index (κ2) is 3.32. The lowest BCUT2D eigenvalue weighted by atomic mass is 10.3. The van der Waals surface area contributed by atoms with Crippen molar-refractivity contribution < 1.29 is 4.39 Å². The minimum Gasteiger partial charge on any atom is -0.396 e. The van der Waals surface area contributed by atoms with Crippen LogP contribution in [0.1, 0.15) is 0 Å². The Kier molecular flexibility index (Phi) is 2.62. The van der Waals surface area contributed by atoms with Crippen LogP contribution in [-0.2, 0) is 0 Å². The molecular weight excluding hydrogens is 185 g/mol. The number of nitrogen functional groups attached to an aromatic ring is 1. The molecule has 0 saturated carbocycles. The molecule has 0 unspecified atom stereocenters. The maximum absolute atomic E-state index is 12.7. The highest BCUT2D eigenvalue weighted by Gasteiger charge is 2.04. The summed E-state index contributed by atoms with van der Waals surface area (Å²) in [6.45, 7) is 0. The quantitative estimate of drug-likeness (QED) is 0.546. The Labute approximate surface area is 73.7 Å². The van der Waals surface area contributed by atoms with E-state index in [0.29, 0.717) is 9.92 Å². The van der Waals surface area contributed by atoms with Gasteiger partial charge in [0.05, 0.1) is 10.7 Å². The lowest BCUT2D eigenvalue weighted by Crippen LogP contribution is -1.90. The van der Waals surface area contributed by atoms with Crippen LogP contribution in [-0.4, -0.2) is 6.26 Å². The summed E-state index contributed by atoms with van der Waals surface area (Å²) in [4.78, 5) is 0.707. The number of rotatable bonds is 1. The van der Waals surface area contributed by atoms with Gasteiger partial charge in [0.2, 0.25) is 0 Å². The summed E-state index contributed by atoms with van der Waals surface area (Å²) in [5.74, 6) is -0.418.